The summed E-state index contributed by atoms with van der Waals surface area (Å²) in [6.07, 6.45) is 1.68. The Morgan fingerprint density at radius 3 is 2.55 bits per heavy atom. The summed E-state index contributed by atoms with van der Waals surface area (Å²) < 4.78 is 35.9. The monoisotopic (exact) mass is 468 g/mol. The van der Waals surface area contributed by atoms with Crippen molar-refractivity contribution in [3.05, 3.63) is 83.8 Å². The molecule has 0 saturated carbocycles. The van der Waals surface area contributed by atoms with Gasteiger partial charge in [0.2, 0.25) is 0 Å². The second-order valence-electron chi connectivity index (χ2n) is 8.21. The molecule has 1 saturated heterocycles. The molecule has 3 aromatic rings. The Kier molecular flexibility index (Phi) is 7.15. The van der Waals surface area contributed by atoms with Gasteiger partial charge >= 0.3 is 0 Å². The smallest absolute Gasteiger partial charge is 0.287 e. The van der Waals surface area contributed by atoms with Crippen LogP contribution in [-0.2, 0) is 22.1 Å². The van der Waals surface area contributed by atoms with Crippen LogP contribution >= 0.6 is 0 Å². The lowest BCUT2D eigenvalue weighted by molar-refractivity contribution is 0.0879. The van der Waals surface area contributed by atoms with Crippen molar-refractivity contribution in [1.29, 1.82) is 0 Å². The minimum Gasteiger partial charge on any atom is -0.497 e. The van der Waals surface area contributed by atoms with E-state index in [9.17, 15) is 13.2 Å². The van der Waals surface area contributed by atoms with Gasteiger partial charge in [-0.3, -0.25) is 9.69 Å². The van der Waals surface area contributed by atoms with Crippen molar-refractivity contribution >= 4 is 15.7 Å². The number of hydrogen-bond acceptors (Lipinski definition) is 6. The van der Waals surface area contributed by atoms with Crippen LogP contribution in [0.5, 0.6) is 5.75 Å². The number of piperidine rings is 1. The summed E-state index contributed by atoms with van der Waals surface area (Å²) in [6, 6.07) is 19.4. The zero-order valence-electron chi connectivity index (χ0n) is 18.6. The number of hydrogen-bond donors (Lipinski definition) is 1. The number of carbonyl (C=O) groups excluding carboxylic acids is 1. The van der Waals surface area contributed by atoms with Crippen molar-refractivity contribution in [2.24, 2.45) is 0 Å². The lowest BCUT2D eigenvalue weighted by Crippen LogP contribution is -2.44. The summed E-state index contributed by atoms with van der Waals surface area (Å²) in [4.78, 5) is 15.2. The van der Waals surface area contributed by atoms with Crippen molar-refractivity contribution in [1.82, 2.24) is 10.2 Å². The number of likely N-dealkylation sites (tertiary alicyclic amines) is 1. The molecule has 0 bridgehead atoms. The highest BCUT2D eigenvalue weighted by atomic mass is 32.2. The van der Waals surface area contributed by atoms with Crippen molar-refractivity contribution in [2.45, 2.75) is 36.1 Å². The van der Waals surface area contributed by atoms with E-state index >= 15 is 0 Å². The molecule has 174 valence electrons. The summed E-state index contributed by atoms with van der Waals surface area (Å²) >= 11 is 0. The third kappa shape index (κ3) is 6.03. The van der Waals surface area contributed by atoms with E-state index < -0.39 is 9.84 Å². The number of amides is 1. The van der Waals surface area contributed by atoms with Gasteiger partial charge in [-0.25, -0.2) is 8.42 Å². The Morgan fingerprint density at radius 2 is 1.82 bits per heavy atom. The van der Waals surface area contributed by atoms with E-state index in [1.165, 1.54) is 11.6 Å². The number of sulfone groups is 1. The molecule has 2 aromatic carbocycles. The van der Waals surface area contributed by atoms with E-state index in [0.29, 0.717) is 0 Å². The molecular formula is C25H28N2O5S. The van der Waals surface area contributed by atoms with Crippen LogP contribution in [0.4, 0.5) is 0 Å². The average Bonchev–Trinajstić information content (AvgIpc) is 3.29. The van der Waals surface area contributed by atoms with Crippen LogP contribution in [0.15, 0.2) is 76.0 Å². The quantitative estimate of drug-likeness (QED) is 0.543. The first-order valence-corrected chi connectivity index (χ1v) is 12.6. The van der Waals surface area contributed by atoms with Gasteiger partial charge < -0.3 is 14.5 Å². The summed E-state index contributed by atoms with van der Waals surface area (Å²) in [5.74, 6) is 0.630. The largest absolute Gasteiger partial charge is 0.497 e. The van der Waals surface area contributed by atoms with E-state index in [1.807, 2.05) is 18.2 Å². The molecule has 1 fully saturated rings. The van der Waals surface area contributed by atoms with Gasteiger partial charge in [0, 0.05) is 25.7 Å². The molecule has 1 N–H and O–H groups in total. The average molecular weight is 469 g/mol. The first-order valence-electron chi connectivity index (χ1n) is 11.0. The fourth-order valence-corrected chi connectivity index (χ4v) is 5.27. The van der Waals surface area contributed by atoms with Crippen LogP contribution in [0, 0.1) is 0 Å². The van der Waals surface area contributed by atoms with Gasteiger partial charge in [0.05, 0.1) is 12.0 Å². The maximum atomic E-state index is 12.6. The number of furan rings is 1. The van der Waals surface area contributed by atoms with Gasteiger partial charge in [-0.15, -0.1) is 0 Å². The zero-order chi connectivity index (χ0) is 23.3. The minimum absolute atomic E-state index is 0.0562. The van der Waals surface area contributed by atoms with E-state index in [1.54, 1.807) is 43.5 Å². The number of carbonyl (C=O) groups is 1. The number of benzene rings is 2. The molecule has 7 nitrogen and oxygen atoms in total. The SMILES string of the molecule is COc1cccc(CN2CCC(NC(=O)c3ccc(CS(=O)(=O)c4ccccc4)o3)CC2)c1. The van der Waals surface area contributed by atoms with Gasteiger partial charge in [-0.2, -0.15) is 0 Å². The molecular weight excluding hydrogens is 440 g/mol. The molecule has 1 aliphatic rings. The Balaban J connectivity index is 1.28. The number of rotatable bonds is 8. The zero-order valence-corrected chi connectivity index (χ0v) is 19.4. The van der Waals surface area contributed by atoms with E-state index in [-0.39, 0.29) is 34.1 Å². The molecule has 0 unspecified atom stereocenters. The predicted octanol–water partition coefficient (Wildman–Crippen LogP) is 3.66. The Morgan fingerprint density at radius 1 is 1.06 bits per heavy atom. The van der Waals surface area contributed by atoms with Gasteiger partial charge in [0.15, 0.2) is 15.6 Å². The van der Waals surface area contributed by atoms with E-state index in [4.69, 9.17) is 9.15 Å². The van der Waals surface area contributed by atoms with E-state index in [0.717, 1.165) is 38.2 Å². The number of ether oxygens (including phenoxy) is 1. The lowest BCUT2D eigenvalue weighted by Gasteiger charge is -2.32. The maximum absolute atomic E-state index is 12.6. The molecule has 8 heteroatoms. The maximum Gasteiger partial charge on any atom is 0.287 e. The molecule has 1 amide bonds. The van der Waals surface area contributed by atoms with Crippen molar-refractivity contribution < 1.29 is 22.4 Å². The molecule has 4 rings (SSSR count). The highest BCUT2D eigenvalue weighted by Gasteiger charge is 2.23. The number of nitrogens with one attached hydrogen (secondary N) is 1. The summed E-state index contributed by atoms with van der Waals surface area (Å²) in [5.41, 5.74) is 1.20. The Labute approximate surface area is 194 Å². The second-order valence-corrected chi connectivity index (χ2v) is 10.2. The van der Waals surface area contributed by atoms with E-state index in [2.05, 4.69) is 16.3 Å². The summed E-state index contributed by atoms with van der Waals surface area (Å²) in [6.45, 7) is 2.59. The van der Waals surface area contributed by atoms with Crippen LogP contribution in [-0.4, -0.2) is 45.5 Å². The summed E-state index contributed by atoms with van der Waals surface area (Å²) in [5, 5.41) is 3.02. The first kappa shape index (κ1) is 23.1. The first-order chi connectivity index (χ1) is 15.9. The minimum atomic E-state index is -3.53. The molecule has 2 heterocycles. The standard InChI is InChI=1S/C25H28N2O5S/c1-31-21-7-5-6-19(16-21)17-27-14-12-20(13-15-27)26-25(28)24-11-10-22(32-24)18-33(29,30)23-8-3-2-4-9-23/h2-11,16,20H,12-15,17-18H2,1H3,(H,26,28). The number of methoxy groups -OCH3 is 1. The molecule has 0 radical (unpaired) electrons. The van der Waals surface area contributed by atoms with Crippen LogP contribution in [0.1, 0.15) is 34.7 Å². The highest BCUT2D eigenvalue weighted by molar-refractivity contribution is 7.90. The molecule has 33 heavy (non-hydrogen) atoms. The number of nitrogens with zero attached hydrogens (tertiary/aromatic N) is 1. The van der Waals surface area contributed by atoms with Gasteiger partial charge in [-0.1, -0.05) is 30.3 Å². The molecule has 0 aliphatic carbocycles. The van der Waals surface area contributed by atoms with Crippen LogP contribution in [0.2, 0.25) is 0 Å². The Hall–Kier alpha value is -3.10. The third-order valence-electron chi connectivity index (χ3n) is 5.78. The van der Waals surface area contributed by atoms with Crippen LogP contribution < -0.4 is 10.1 Å². The Bertz CT molecular complexity index is 1180. The summed E-state index contributed by atoms with van der Waals surface area (Å²) in [7, 11) is -1.86. The van der Waals surface area contributed by atoms with Gasteiger partial charge in [-0.05, 0) is 54.8 Å². The lowest BCUT2D eigenvalue weighted by atomic mass is 10.0. The third-order valence-corrected chi connectivity index (χ3v) is 7.44. The normalized spacial score (nSPS) is 15.3. The topological polar surface area (TPSA) is 88.9 Å². The van der Waals surface area contributed by atoms with Crippen molar-refractivity contribution in [3.63, 3.8) is 0 Å². The van der Waals surface area contributed by atoms with Crippen LogP contribution in [0.25, 0.3) is 0 Å². The second kappa shape index (κ2) is 10.2. The van der Waals surface area contributed by atoms with Gasteiger partial charge in [0.25, 0.3) is 5.91 Å². The molecule has 1 aliphatic heterocycles. The van der Waals surface area contributed by atoms with Crippen molar-refractivity contribution in [2.75, 3.05) is 20.2 Å². The molecule has 0 spiro atoms. The van der Waals surface area contributed by atoms with Crippen molar-refractivity contribution in [3.8, 4) is 5.75 Å². The molecule has 0 atom stereocenters. The molecule has 1 aromatic heterocycles. The highest BCUT2D eigenvalue weighted by Crippen LogP contribution is 2.20. The predicted molar refractivity (Wildman–Crippen MR) is 125 cm³/mol. The fraction of sp³-hybridized carbons (Fsp3) is 0.320. The van der Waals surface area contributed by atoms with Gasteiger partial charge in [0.1, 0.15) is 17.3 Å². The van der Waals surface area contributed by atoms with Crippen LogP contribution in [0.3, 0.4) is 0 Å². The fourth-order valence-electron chi connectivity index (χ4n) is 4.00.